The molecule has 2 rings (SSSR count). The minimum Gasteiger partial charge on any atom is -0.392 e. The predicted molar refractivity (Wildman–Crippen MR) is 82.8 cm³/mol. The number of urea groups is 1. The standard InChI is InChI=1S/C16H25N3O2/c1-18(2)10-15-6-7-19(11-15)16(21)17-9-13-4-3-5-14(8-13)12-20/h3-5,8,15,20H,6-7,9-12H2,1-2H3,(H,17,21)/t15-/m1/s1. The van der Waals surface area contributed by atoms with Crippen LogP contribution in [0, 0.1) is 5.92 Å². The minimum absolute atomic E-state index is 0.00524. The van der Waals surface area contributed by atoms with Gasteiger partial charge in [0.2, 0.25) is 0 Å². The lowest BCUT2D eigenvalue weighted by Crippen LogP contribution is -2.38. The Bertz CT molecular complexity index is 476. The van der Waals surface area contributed by atoms with Gasteiger partial charge in [-0.1, -0.05) is 24.3 Å². The third-order valence-electron chi connectivity index (χ3n) is 3.81. The van der Waals surface area contributed by atoms with Crippen molar-refractivity contribution in [3.05, 3.63) is 35.4 Å². The van der Waals surface area contributed by atoms with Gasteiger partial charge >= 0.3 is 6.03 Å². The van der Waals surface area contributed by atoms with E-state index in [1.165, 1.54) is 0 Å². The molecule has 1 saturated heterocycles. The fourth-order valence-electron chi connectivity index (χ4n) is 2.81. The number of carbonyl (C=O) groups is 1. The molecular formula is C16H25N3O2. The highest BCUT2D eigenvalue weighted by atomic mass is 16.3. The van der Waals surface area contributed by atoms with E-state index in [0.29, 0.717) is 12.5 Å². The van der Waals surface area contributed by atoms with Crippen molar-refractivity contribution in [2.75, 3.05) is 33.7 Å². The molecular weight excluding hydrogens is 266 g/mol. The van der Waals surface area contributed by atoms with E-state index in [0.717, 1.165) is 37.2 Å². The Morgan fingerprint density at radius 1 is 1.43 bits per heavy atom. The minimum atomic E-state index is 0.00524. The topological polar surface area (TPSA) is 55.8 Å². The highest BCUT2D eigenvalue weighted by Gasteiger charge is 2.26. The van der Waals surface area contributed by atoms with Gasteiger partial charge in [-0.05, 0) is 37.6 Å². The van der Waals surface area contributed by atoms with E-state index < -0.39 is 0 Å². The van der Waals surface area contributed by atoms with Gasteiger partial charge in [-0.3, -0.25) is 0 Å². The molecule has 0 aromatic heterocycles. The van der Waals surface area contributed by atoms with Crippen LogP contribution in [0.4, 0.5) is 4.79 Å². The largest absolute Gasteiger partial charge is 0.392 e. The molecule has 1 heterocycles. The third-order valence-corrected chi connectivity index (χ3v) is 3.81. The number of aliphatic hydroxyl groups is 1. The van der Waals surface area contributed by atoms with Crippen molar-refractivity contribution in [2.45, 2.75) is 19.6 Å². The normalized spacial score (nSPS) is 18.3. The molecule has 0 radical (unpaired) electrons. The molecule has 1 aliphatic heterocycles. The van der Waals surface area contributed by atoms with Crippen LogP contribution in [0.3, 0.4) is 0 Å². The maximum absolute atomic E-state index is 12.2. The molecule has 1 fully saturated rings. The van der Waals surface area contributed by atoms with Crippen LogP contribution in [0.2, 0.25) is 0 Å². The van der Waals surface area contributed by atoms with Crippen LogP contribution in [0.1, 0.15) is 17.5 Å². The van der Waals surface area contributed by atoms with E-state index in [2.05, 4.69) is 24.3 Å². The lowest BCUT2D eigenvalue weighted by molar-refractivity contribution is 0.205. The van der Waals surface area contributed by atoms with Crippen molar-refractivity contribution in [3.8, 4) is 0 Å². The lowest BCUT2D eigenvalue weighted by atomic mass is 10.1. The smallest absolute Gasteiger partial charge is 0.317 e. The Labute approximate surface area is 126 Å². The first-order chi connectivity index (χ1) is 10.1. The number of amides is 2. The summed E-state index contributed by atoms with van der Waals surface area (Å²) in [7, 11) is 4.13. The van der Waals surface area contributed by atoms with Gasteiger partial charge < -0.3 is 20.2 Å². The van der Waals surface area contributed by atoms with Crippen LogP contribution in [0.25, 0.3) is 0 Å². The monoisotopic (exact) mass is 291 g/mol. The summed E-state index contributed by atoms with van der Waals surface area (Å²) in [5.74, 6) is 0.573. The van der Waals surface area contributed by atoms with Gasteiger partial charge in [-0.25, -0.2) is 4.79 Å². The summed E-state index contributed by atoms with van der Waals surface area (Å²) in [6.07, 6.45) is 1.07. The Morgan fingerprint density at radius 2 is 2.19 bits per heavy atom. The second-order valence-corrected chi connectivity index (χ2v) is 6.00. The number of nitrogens with one attached hydrogen (secondary N) is 1. The predicted octanol–water partition coefficient (Wildman–Crippen LogP) is 1.27. The van der Waals surface area contributed by atoms with Gasteiger partial charge in [0, 0.05) is 26.2 Å². The second kappa shape index (κ2) is 7.43. The van der Waals surface area contributed by atoms with Gasteiger partial charge in [0.05, 0.1) is 6.61 Å². The molecule has 1 aromatic rings. The maximum Gasteiger partial charge on any atom is 0.317 e. The van der Waals surface area contributed by atoms with E-state index >= 15 is 0 Å². The molecule has 2 N–H and O–H groups in total. The quantitative estimate of drug-likeness (QED) is 0.859. The number of likely N-dealkylation sites (tertiary alicyclic amines) is 1. The van der Waals surface area contributed by atoms with Crippen molar-refractivity contribution in [2.24, 2.45) is 5.92 Å². The zero-order chi connectivity index (χ0) is 15.2. The molecule has 0 saturated carbocycles. The SMILES string of the molecule is CN(C)C[C@H]1CCN(C(=O)NCc2cccc(CO)c2)C1. The Morgan fingerprint density at radius 3 is 2.90 bits per heavy atom. The molecule has 1 aliphatic rings. The first kappa shape index (κ1) is 15.8. The number of hydrogen-bond acceptors (Lipinski definition) is 3. The van der Waals surface area contributed by atoms with Crippen LogP contribution in [-0.4, -0.2) is 54.7 Å². The number of carbonyl (C=O) groups excluding carboxylic acids is 1. The molecule has 21 heavy (non-hydrogen) atoms. The van der Waals surface area contributed by atoms with Gasteiger partial charge in [0.25, 0.3) is 0 Å². The maximum atomic E-state index is 12.2. The van der Waals surface area contributed by atoms with Gasteiger partial charge in [0.15, 0.2) is 0 Å². The second-order valence-electron chi connectivity index (χ2n) is 6.00. The van der Waals surface area contributed by atoms with E-state index in [4.69, 9.17) is 5.11 Å². The lowest BCUT2D eigenvalue weighted by Gasteiger charge is -2.19. The van der Waals surface area contributed by atoms with E-state index in [9.17, 15) is 4.79 Å². The molecule has 1 atom stereocenters. The van der Waals surface area contributed by atoms with E-state index in [1.807, 2.05) is 29.2 Å². The molecule has 0 aliphatic carbocycles. The van der Waals surface area contributed by atoms with Crippen molar-refractivity contribution in [1.82, 2.24) is 15.1 Å². The highest BCUT2D eigenvalue weighted by molar-refractivity contribution is 5.74. The summed E-state index contributed by atoms with van der Waals surface area (Å²) >= 11 is 0. The van der Waals surface area contributed by atoms with Crippen molar-refractivity contribution in [3.63, 3.8) is 0 Å². The van der Waals surface area contributed by atoms with Crippen molar-refractivity contribution < 1.29 is 9.90 Å². The Balaban J connectivity index is 1.79. The number of aliphatic hydroxyl groups excluding tert-OH is 1. The van der Waals surface area contributed by atoms with Crippen molar-refractivity contribution >= 4 is 6.03 Å². The van der Waals surface area contributed by atoms with Crippen LogP contribution >= 0.6 is 0 Å². The Hall–Kier alpha value is -1.59. The molecule has 0 unspecified atom stereocenters. The first-order valence-corrected chi connectivity index (χ1v) is 7.44. The number of rotatable bonds is 5. The number of hydrogen-bond donors (Lipinski definition) is 2. The van der Waals surface area contributed by atoms with Crippen LogP contribution in [-0.2, 0) is 13.2 Å². The molecule has 0 spiro atoms. The van der Waals surface area contributed by atoms with Crippen LogP contribution in [0.15, 0.2) is 24.3 Å². The molecule has 0 bridgehead atoms. The van der Waals surface area contributed by atoms with Gasteiger partial charge in [-0.2, -0.15) is 0 Å². The highest BCUT2D eigenvalue weighted by Crippen LogP contribution is 2.16. The van der Waals surface area contributed by atoms with E-state index in [-0.39, 0.29) is 12.6 Å². The molecule has 5 heteroatoms. The number of benzene rings is 1. The number of nitrogens with zero attached hydrogens (tertiary/aromatic N) is 2. The summed E-state index contributed by atoms with van der Waals surface area (Å²) in [6.45, 7) is 3.23. The summed E-state index contributed by atoms with van der Waals surface area (Å²) < 4.78 is 0. The fraction of sp³-hybridized carbons (Fsp3) is 0.562. The van der Waals surface area contributed by atoms with E-state index in [1.54, 1.807) is 0 Å². The molecule has 5 nitrogen and oxygen atoms in total. The molecule has 1 aromatic carbocycles. The zero-order valence-corrected chi connectivity index (χ0v) is 12.9. The first-order valence-electron chi connectivity index (χ1n) is 7.44. The van der Waals surface area contributed by atoms with Gasteiger partial charge in [0.1, 0.15) is 0 Å². The Kier molecular flexibility index (Phi) is 5.59. The summed E-state index contributed by atoms with van der Waals surface area (Å²) in [6, 6.07) is 7.65. The average molecular weight is 291 g/mol. The zero-order valence-electron chi connectivity index (χ0n) is 12.9. The summed E-state index contributed by atoms with van der Waals surface area (Å²) in [5, 5.41) is 12.1. The summed E-state index contributed by atoms with van der Waals surface area (Å²) in [4.78, 5) is 16.2. The average Bonchev–Trinajstić information content (AvgIpc) is 2.92. The molecule has 116 valence electrons. The van der Waals surface area contributed by atoms with Crippen LogP contribution < -0.4 is 5.32 Å². The van der Waals surface area contributed by atoms with Crippen LogP contribution in [0.5, 0.6) is 0 Å². The fourth-order valence-corrected chi connectivity index (χ4v) is 2.81. The molecule has 2 amide bonds. The third kappa shape index (κ3) is 4.72. The van der Waals surface area contributed by atoms with Gasteiger partial charge in [-0.15, -0.1) is 0 Å². The van der Waals surface area contributed by atoms with Crippen molar-refractivity contribution in [1.29, 1.82) is 0 Å². The summed E-state index contributed by atoms with van der Waals surface area (Å²) in [5.41, 5.74) is 1.88.